The number of carbonyl (C=O) groups excluding carboxylic acids is 2. The van der Waals surface area contributed by atoms with E-state index in [1.807, 2.05) is 30.5 Å². The molecule has 162 valence electrons. The van der Waals surface area contributed by atoms with Crippen LogP contribution in [0.15, 0.2) is 48.8 Å². The van der Waals surface area contributed by atoms with Crippen LogP contribution in [0.4, 0.5) is 20.6 Å². The third-order valence-corrected chi connectivity index (χ3v) is 4.45. The molecule has 0 aliphatic carbocycles. The number of aromatic nitrogens is 2. The molecule has 0 saturated carbocycles. The van der Waals surface area contributed by atoms with Crippen molar-refractivity contribution in [2.45, 2.75) is 40.2 Å². The molecule has 2 heterocycles. The summed E-state index contributed by atoms with van der Waals surface area (Å²) in [5, 5.41) is 5.24. The van der Waals surface area contributed by atoms with Crippen molar-refractivity contribution in [1.82, 2.24) is 9.55 Å². The monoisotopic (exact) mass is 424 g/mol. The van der Waals surface area contributed by atoms with Crippen molar-refractivity contribution in [3.63, 3.8) is 0 Å². The molecule has 3 rings (SSSR count). The summed E-state index contributed by atoms with van der Waals surface area (Å²) in [6.07, 6.45) is 2.68. The van der Waals surface area contributed by atoms with E-state index in [1.165, 1.54) is 12.1 Å². The number of nitrogens with zero attached hydrogens (tertiary/aromatic N) is 2. The van der Waals surface area contributed by atoms with Gasteiger partial charge in [0.2, 0.25) is 0 Å². The average molecular weight is 424 g/mol. The third kappa shape index (κ3) is 5.28. The minimum atomic E-state index is -0.704. The van der Waals surface area contributed by atoms with Crippen molar-refractivity contribution in [3.05, 3.63) is 71.6 Å². The molecule has 1 aromatic carbocycles. The molecule has 0 aliphatic heterocycles. The lowest BCUT2D eigenvalue weighted by atomic mass is 10.2. The van der Waals surface area contributed by atoms with Gasteiger partial charge < -0.3 is 14.6 Å². The SMILES string of the molecule is Cc1cc(C(=O)Nc2cc(F)ccc2NC(=O)OC(C)(C)C)c(C)n1-c1cccnc1. The zero-order chi connectivity index (χ0) is 22.8. The zero-order valence-corrected chi connectivity index (χ0v) is 18.1. The van der Waals surface area contributed by atoms with Crippen LogP contribution < -0.4 is 10.6 Å². The second-order valence-electron chi connectivity index (χ2n) is 8.10. The molecule has 2 N–H and O–H groups in total. The average Bonchev–Trinajstić information content (AvgIpc) is 2.97. The Morgan fingerprint density at radius 1 is 1.06 bits per heavy atom. The maximum atomic E-state index is 13.9. The van der Waals surface area contributed by atoms with Gasteiger partial charge in [-0.1, -0.05) is 0 Å². The summed E-state index contributed by atoms with van der Waals surface area (Å²) in [5.74, 6) is -0.980. The van der Waals surface area contributed by atoms with Crippen LogP contribution in [0.2, 0.25) is 0 Å². The number of benzene rings is 1. The van der Waals surface area contributed by atoms with E-state index in [4.69, 9.17) is 4.74 Å². The van der Waals surface area contributed by atoms with Gasteiger partial charge in [-0.15, -0.1) is 0 Å². The number of pyridine rings is 1. The Hall–Kier alpha value is -3.68. The van der Waals surface area contributed by atoms with Crippen molar-refractivity contribution in [2.75, 3.05) is 10.6 Å². The number of carbonyl (C=O) groups is 2. The van der Waals surface area contributed by atoms with Crippen LogP contribution in [0.25, 0.3) is 5.69 Å². The molecule has 8 heteroatoms. The van der Waals surface area contributed by atoms with E-state index in [2.05, 4.69) is 15.6 Å². The maximum Gasteiger partial charge on any atom is 0.412 e. The number of ether oxygens (including phenoxy) is 1. The van der Waals surface area contributed by atoms with Crippen LogP contribution in [-0.4, -0.2) is 27.2 Å². The topological polar surface area (TPSA) is 85.3 Å². The Balaban J connectivity index is 1.87. The number of halogens is 1. The van der Waals surface area contributed by atoms with Gasteiger partial charge in [-0.25, -0.2) is 9.18 Å². The van der Waals surface area contributed by atoms with Gasteiger partial charge in [0.05, 0.1) is 28.8 Å². The molecule has 2 amide bonds. The fraction of sp³-hybridized carbons (Fsp3) is 0.261. The van der Waals surface area contributed by atoms with Gasteiger partial charge in [-0.05, 0) is 71.0 Å². The largest absolute Gasteiger partial charge is 0.444 e. The van der Waals surface area contributed by atoms with E-state index in [1.54, 1.807) is 39.2 Å². The highest BCUT2D eigenvalue weighted by Gasteiger charge is 2.20. The predicted octanol–water partition coefficient (Wildman–Crippen LogP) is 5.23. The Morgan fingerprint density at radius 2 is 1.81 bits per heavy atom. The first kappa shape index (κ1) is 22.0. The van der Waals surface area contributed by atoms with Crippen molar-refractivity contribution in [3.8, 4) is 5.69 Å². The van der Waals surface area contributed by atoms with Gasteiger partial charge in [-0.2, -0.15) is 0 Å². The van der Waals surface area contributed by atoms with Crippen molar-refractivity contribution >= 4 is 23.4 Å². The van der Waals surface area contributed by atoms with Crippen molar-refractivity contribution in [2.24, 2.45) is 0 Å². The standard InChI is InChI=1S/C23H25FN4O3/c1-14-11-18(15(2)28(14)17-7-6-10-25-13-17)21(29)26-20-12-16(24)8-9-19(20)27-22(30)31-23(3,4)5/h6-13H,1-5H3,(H,26,29)(H,27,30). The predicted molar refractivity (Wildman–Crippen MR) is 117 cm³/mol. The number of rotatable bonds is 4. The molecular weight excluding hydrogens is 399 g/mol. The first-order valence-corrected chi connectivity index (χ1v) is 9.75. The van der Waals surface area contributed by atoms with Crippen molar-refractivity contribution < 1.29 is 18.7 Å². The third-order valence-electron chi connectivity index (χ3n) is 4.45. The van der Waals surface area contributed by atoms with E-state index >= 15 is 0 Å². The molecule has 0 unspecified atom stereocenters. The first-order chi connectivity index (χ1) is 14.5. The van der Waals surface area contributed by atoms with Gasteiger partial charge in [0.1, 0.15) is 11.4 Å². The minimum Gasteiger partial charge on any atom is -0.444 e. The number of hydrogen-bond donors (Lipinski definition) is 2. The number of anilines is 2. The van der Waals surface area contributed by atoms with Gasteiger partial charge in [0.15, 0.2) is 0 Å². The summed E-state index contributed by atoms with van der Waals surface area (Å²) in [7, 11) is 0. The summed E-state index contributed by atoms with van der Waals surface area (Å²) >= 11 is 0. The molecule has 31 heavy (non-hydrogen) atoms. The summed E-state index contributed by atoms with van der Waals surface area (Å²) in [4.78, 5) is 29.3. The second kappa shape index (κ2) is 8.59. The maximum absolute atomic E-state index is 13.9. The molecule has 0 atom stereocenters. The van der Waals surface area contributed by atoms with E-state index in [-0.39, 0.29) is 11.4 Å². The molecule has 0 bridgehead atoms. The van der Waals surface area contributed by atoms with E-state index < -0.39 is 23.4 Å². The highest BCUT2D eigenvalue weighted by Crippen LogP contribution is 2.26. The Kier molecular flexibility index (Phi) is 6.10. The first-order valence-electron chi connectivity index (χ1n) is 9.75. The van der Waals surface area contributed by atoms with E-state index in [0.717, 1.165) is 17.4 Å². The summed E-state index contributed by atoms with van der Waals surface area (Å²) < 4.78 is 21.0. The molecule has 2 aromatic heterocycles. The molecule has 7 nitrogen and oxygen atoms in total. The normalized spacial score (nSPS) is 11.2. The molecule has 0 saturated heterocycles. The van der Waals surface area contributed by atoms with Crippen LogP contribution in [-0.2, 0) is 4.74 Å². The van der Waals surface area contributed by atoms with Crippen LogP contribution in [0.3, 0.4) is 0 Å². The van der Waals surface area contributed by atoms with Crippen LogP contribution in [0.1, 0.15) is 42.5 Å². The highest BCUT2D eigenvalue weighted by molar-refractivity contribution is 6.07. The highest BCUT2D eigenvalue weighted by atomic mass is 19.1. The quantitative estimate of drug-likeness (QED) is 0.601. The number of amides is 2. The molecule has 0 radical (unpaired) electrons. The lowest BCUT2D eigenvalue weighted by Gasteiger charge is -2.20. The Bertz CT molecular complexity index is 1120. The smallest absolute Gasteiger partial charge is 0.412 e. The lowest BCUT2D eigenvalue weighted by Crippen LogP contribution is -2.27. The Labute approximate surface area is 180 Å². The molecule has 0 fully saturated rings. The second-order valence-corrected chi connectivity index (χ2v) is 8.10. The van der Waals surface area contributed by atoms with E-state index in [9.17, 15) is 14.0 Å². The van der Waals surface area contributed by atoms with Gasteiger partial charge in [-0.3, -0.25) is 15.1 Å². The molecule has 0 spiro atoms. The molecule has 3 aromatic rings. The minimum absolute atomic E-state index is 0.127. The van der Waals surface area contributed by atoms with Gasteiger partial charge in [0.25, 0.3) is 5.91 Å². The summed E-state index contributed by atoms with van der Waals surface area (Å²) in [6, 6.07) is 9.16. The number of aryl methyl sites for hydroxylation is 1. The number of nitrogens with one attached hydrogen (secondary N) is 2. The van der Waals surface area contributed by atoms with Crippen LogP contribution >= 0.6 is 0 Å². The van der Waals surface area contributed by atoms with Crippen molar-refractivity contribution in [1.29, 1.82) is 0 Å². The summed E-state index contributed by atoms with van der Waals surface area (Å²) in [6.45, 7) is 8.91. The zero-order valence-electron chi connectivity index (χ0n) is 18.1. The van der Waals surface area contributed by atoms with E-state index in [0.29, 0.717) is 11.3 Å². The fourth-order valence-corrected chi connectivity index (χ4v) is 3.21. The van der Waals surface area contributed by atoms with Crippen LogP contribution in [0, 0.1) is 19.7 Å². The lowest BCUT2D eigenvalue weighted by molar-refractivity contribution is 0.0635. The van der Waals surface area contributed by atoms with Crippen LogP contribution in [0.5, 0.6) is 0 Å². The summed E-state index contributed by atoms with van der Waals surface area (Å²) in [5.41, 5.74) is 2.47. The molecule has 0 aliphatic rings. The Morgan fingerprint density at radius 3 is 2.45 bits per heavy atom. The fourth-order valence-electron chi connectivity index (χ4n) is 3.21. The molecular formula is C23H25FN4O3. The van der Waals surface area contributed by atoms with Gasteiger partial charge >= 0.3 is 6.09 Å². The van der Waals surface area contributed by atoms with Gasteiger partial charge in [0, 0.05) is 17.6 Å². The number of hydrogen-bond acceptors (Lipinski definition) is 4.